The lowest BCUT2D eigenvalue weighted by molar-refractivity contribution is 0.494. The van der Waals surface area contributed by atoms with Crippen LogP contribution in [0.15, 0.2) is 48.5 Å². The largest absolute Gasteiger partial charge is 0.313 e. The summed E-state index contributed by atoms with van der Waals surface area (Å²) in [5.74, 6) is -0.107. The normalized spacial score (nSPS) is 12.3. The lowest BCUT2D eigenvalue weighted by Gasteiger charge is -2.17. The molecule has 0 aromatic heterocycles. The van der Waals surface area contributed by atoms with E-state index in [4.69, 9.17) is 0 Å². The minimum atomic E-state index is -0.107. The van der Waals surface area contributed by atoms with Crippen LogP contribution in [0.5, 0.6) is 0 Å². The van der Waals surface area contributed by atoms with Crippen molar-refractivity contribution in [1.82, 2.24) is 5.32 Å². The summed E-state index contributed by atoms with van der Waals surface area (Å²) in [6.45, 7) is 1.91. The van der Waals surface area contributed by atoms with E-state index in [0.717, 1.165) is 30.4 Å². The molecular formula is C18H22FN. The summed E-state index contributed by atoms with van der Waals surface area (Å²) in [5.41, 5.74) is 3.07. The Balaban J connectivity index is 1.95. The molecule has 0 bridgehead atoms. The molecular weight excluding hydrogens is 249 g/mol. The van der Waals surface area contributed by atoms with E-state index in [9.17, 15) is 4.39 Å². The Hall–Kier alpha value is -1.67. The molecule has 1 unspecified atom stereocenters. The van der Waals surface area contributed by atoms with Gasteiger partial charge < -0.3 is 5.32 Å². The Morgan fingerprint density at radius 1 is 1.10 bits per heavy atom. The van der Waals surface area contributed by atoms with Crippen LogP contribution in [-0.4, -0.2) is 7.05 Å². The van der Waals surface area contributed by atoms with Crippen LogP contribution in [0, 0.1) is 12.7 Å². The van der Waals surface area contributed by atoms with Crippen LogP contribution in [0.3, 0.4) is 0 Å². The highest BCUT2D eigenvalue weighted by atomic mass is 19.1. The zero-order valence-electron chi connectivity index (χ0n) is 12.2. The maximum atomic E-state index is 14.0. The van der Waals surface area contributed by atoms with Crippen LogP contribution >= 0.6 is 0 Å². The molecule has 0 saturated carbocycles. The van der Waals surface area contributed by atoms with Crippen LogP contribution in [0.2, 0.25) is 0 Å². The summed E-state index contributed by atoms with van der Waals surface area (Å²) in [5, 5.41) is 3.22. The van der Waals surface area contributed by atoms with Gasteiger partial charge in [0.1, 0.15) is 5.82 Å². The number of nitrogens with one attached hydrogen (secondary N) is 1. The number of benzene rings is 2. The highest BCUT2D eigenvalue weighted by Gasteiger charge is 2.13. The molecule has 0 radical (unpaired) electrons. The molecule has 2 aromatic carbocycles. The molecule has 0 fully saturated rings. The fourth-order valence-electron chi connectivity index (χ4n) is 2.53. The Bertz CT molecular complexity index is 536. The maximum Gasteiger partial charge on any atom is 0.128 e. The summed E-state index contributed by atoms with van der Waals surface area (Å²) in [4.78, 5) is 0. The molecule has 2 heteroatoms. The van der Waals surface area contributed by atoms with Gasteiger partial charge in [0.05, 0.1) is 0 Å². The van der Waals surface area contributed by atoms with Crippen molar-refractivity contribution < 1.29 is 4.39 Å². The lowest BCUT2D eigenvalue weighted by atomic mass is 9.98. The number of rotatable bonds is 6. The Morgan fingerprint density at radius 3 is 2.50 bits per heavy atom. The summed E-state index contributed by atoms with van der Waals surface area (Å²) in [6.07, 6.45) is 3.01. The molecule has 1 nitrogen and oxygen atoms in total. The van der Waals surface area contributed by atoms with Gasteiger partial charge in [-0.3, -0.25) is 0 Å². The second-order valence-corrected chi connectivity index (χ2v) is 5.24. The van der Waals surface area contributed by atoms with Gasteiger partial charge >= 0.3 is 0 Å². The fourth-order valence-corrected chi connectivity index (χ4v) is 2.53. The van der Waals surface area contributed by atoms with Gasteiger partial charge in [0, 0.05) is 11.6 Å². The van der Waals surface area contributed by atoms with Crippen molar-refractivity contribution in [2.75, 3.05) is 7.05 Å². The van der Waals surface area contributed by atoms with Gasteiger partial charge in [0.15, 0.2) is 0 Å². The monoisotopic (exact) mass is 271 g/mol. The van der Waals surface area contributed by atoms with Gasteiger partial charge in [-0.2, -0.15) is 0 Å². The second-order valence-electron chi connectivity index (χ2n) is 5.24. The van der Waals surface area contributed by atoms with Gasteiger partial charge in [0.2, 0.25) is 0 Å². The number of aryl methyl sites for hydroxylation is 2. The van der Waals surface area contributed by atoms with Crippen molar-refractivity contribution in [2.24, 2.45) is 0 Å². The highest BCUT2D eigenvalue weighted by molar-refractivity contribution is 5.26. The van der Waals surface area contributed by atoms with Crippen LogP contribution in [0.4, 0.5) is 4.39 Å². The highest BCUT2D eigenvalue weighted by Crippen LogP contribution is 2.23. The molecule has 1 N–H and O–H groups in total. The summed E-state index contributed by atoms with van der Waals surface area (Å²) >= 11 is 0. The van der Waals surface area contributed by atoms with Crippen LogP contribution in [-0.2, 0) is 6.42 Å². The van der Waals surface area contributed by atoms with Crippen molar-refractivity contribution in [3.63, 3.8) is 0 Å². The van der Waals surface area contributed by atoms with Crippen LogP contribution in [0.25, 0.3) is 0 Å². The van der Waals surface area contributed by atoms with Crippen molar-refractivity contribution in [3.8, 4) is 0 Å². The van der Waals surface area contributed by atoms with E-state index in [1.807, 2.05) is 32.2 Å². The van der Waals surface area contributed by atoms with Gasteiger partial charge in [0.25, 0.3) is 0 Å². The maximum absolute atomic E-state index is 14.0. The predicted octanol–water partition coefficient (Wildman–Crippen LogP) is 4.42. The zero-order valence-corrected chi connectivity index (χ0v) is 12.2. The molecule has 2 rings (SSSR count). The summed E-state index contributed by atoms with van der Waals surface area (Å²) < 4.78 is 14.0. The summed E-state index contributed by atoms with van der Waals surface area (Å²) in [7, 11) is 1.90. The molecule has 0 aliphatic heterocycles. The van der Waals surface area contributed by atoms with Crippen molar-refractivity contribution >= 4 is 0 Å². The first kappa shape index (κ1) is 14.7. The second kappa shape index (κ2) is 7.20. The third-order valence-corrected chi connectivity index (χ3v) is 3.68. The van der Waals surface area contributed by atoms with E-state index in [1.54, 1.807) is 6.07 Å². The first-order valence-electron chi connectivity index (χ1n) is 7.18. The van der Waals surface area contributed by atoms with E-state index in [-0.39, 0.29) is 11.9 Å². The number of halogens is 1. The van der Waals surface area contributed by atoms with E-state index in [0.29, 0.717) is 0 Å². The van der Waals surface area contributed by atoms with Crippen molar-refractivity contribution in [3.05, 3.63) is 71.0 Å². The van der Waals surface area contributed by atoms with E-state index in [2.05, 4.69) is 29.6 Å². The van der Waals surface area contributed by atoms with Gasteiger partial charge in [-0.25, -0.2) is 4.39 Å². The molecule has 2 aromatic rings. The Morgan fingerprint density at radius 2 is 1.85 bits per heavy atom. The topological polar surface area (TPSA) is 12.0 Å². The van der Waals surface area contributed by atoms with Gasteiger partial charge in [-0.1, -0.05) is 42.5 Å². The molecule has 0 heterocycles. The first-order valence-corrected chi connectivity index (χ1v) is 7.18. The zero-order chi connectivity index (χ0) is 14.4. The molecule has 1 atom stereocenters. The van der Waals surface area contributed by atoms with E-state index >= 15 is 0 Å². The SMILES string of the molecule is CNC(CCCc1ccccc1)c1ccc(C)cc1F. The molecule has 0 spiro atoms. The molecule has 20 heavy (non-hydrogen) atoms. The molecule has 0 saturated heterocycles. The minimum absolute atomic E-state index is 0.0827. The quantitative estimate of drug-likeness (QED) is 0.820. The lowest BCUT2D eigenvalue weighted by Crippen LogP contribution is -2.18. The fraction of sp³-hybridized carbons (Fsp3) is 0.333. The van der Waals surface area contributed by atoms with Crippen LogP contribution < -0.4 is 5.32 Å². The standard InChI is InChI=1S/C18H22FN/c1-14-11-12-16(17(19)13-14)18(20-2)10-6-9-15-7-4-3-5-8-15/h3-5,7-8,11-13,18,20H,6,9-10H2,1-2H3. The number of hydrogen-bond acceptors (Lipinski definition) is 1. The molecule has 0 aliphatic rings. The average molecular weight is 271 g/mol. The average Bonchev–Trinajstić information content (AvgIpc) is 2.46. The van der Waals surface area contributed by atoms with Crippen molar-refractivity contribution in [2.45, 2.75) is 32.2 Å². The van der Waals surface area contributed by atoms with E-state index in [1.165, 1.54) is 5.56 Å². The third kappa shape index (κ3) is 3.91. The van der Waals surface area contributed by atoms with E-state index < -0.39 is 0 Å². The predicted molar refractivity (Wildman–Crippen MR) is 82.3 cm³/mol. The van der Waals surface area contributed by atoms with Crippen LogP contribution in [0.1, 0.15) is 35.6 Å². The number of hydrogen-bond donors (Lipinski definition) is 1. The van der Waals surface area contributed by atoms with Gasteiger partial charge in [-0.05, 0) is 50.4 Å². The summed E-state index contributed by atoms with van der Waals surface area (Å²) in [6, 6.07) is 16.0. The Labute approximate surface area is 120 Å². The Kier molecular flexibility index (Phi) is 5.31. The van der Waals surface area contributed by atoms with Crippen molar-refractivity contribution in [1.29, 1.82) is 0 Å². The first-order chi connectivity index (χ1) is 9.70. The molecule has 106 valence electrons. The molecule has 0 amide bonds. The minimum Gasteiger partial charge on any atom is -0.313 e. The van der Waals surface area contributed by atoms with Gasteiger partial charge in [-0.15, -0.1) is 0 Å². The molecule has 0 aliphatic carbocycles. The third-order valence-electron chi connectivity index (χ3n) is 3.68. The smallest absolute Gasteiger partial charge is 0.128 e.